The van der Waals surface area contributed by atoms with Gasteiger partial charge in [0, 0.05) is 6.54 Å². The maximum absolute atomic E-state index is 12.6. The molecule has 3 rings (SSSR count). The van der Waals surface area contributed by atoms with Crippen LogP contribution in [0.1, 0.15) is 28.8 Å². The first-order chi connectivity index (χ1) is 12.7. The van der Waals surface area contributed by atoms with Crippen LogP contribution in [0.25, 0.3) is 0 Å². The SMILES string of the molecule is COc1ccc(CCNC(=O)c2ccc[nH+]c2N2CCCC2)cc1OC. The highest BCUT2D eigenvalue weighted by atomic mass is 16.5. The zero-order chi connectivity index (χ0) is 18.4. The minimum absolute atomic E-state index is 0.0516. The van der Waals surface area contributed by atoms with Gasteiger partial charge in [-0.1, -0.05) is 6.07 Å². The van der Waals surface area contributed by atoms with Gasteiger partial charge in [0.2, 0.25) is 0 Å². The Bertz CT molecular complexity index is 758. The molecule has 1 aliphatic heterocycles. The van der Waals surface area contributed by atoms with Crippen LogP contribution in [0.15, 0.2) is 36.5 Å². The van der Waals surface area contributed by atoms with Crippen LogP contribution < -0.4 is 24.7 Å². The fourth-order valence-corrected chi connectivity index (χ4v) is 3.27. The van der Waals surface area contributed by atoms with Crippen molar-refractivity contribution in [2.45, 2.75) is 19.3 Å². The predicted molar refractivity (Wildman–Crippen MR) is 100 cm³/mol. The maximum atomic E-state index is 12.6. The number of H-pyrrole nitrogens is 1. The van der Waals surface area contributed by atoms with Gasteiger partial charge in [-0.15, -0.1) is 0 Å². The van der Waals surface area contributed by atoms with E-state index in [0.29, 0.717) is 23.6 Å². The van der Waals surface area contributed by atoms with Crippen LogP contribution in [0, 0.1) is 0 Å². The molecule has 2 aromatic rings. The summed E-state index contributed by atoms with van der Waals surface area (Å²) in [5.41, 5.74) is 1.78. The molecule has 1 saturated heterocycles. The number of nitrogens with zero attached hydrogens (tertiary/aromatic N) is 1. The van der Waals surface area contributed by atoms with Gasteiger partial charge in [0.1, 0.15) is 5.56 Å². The summed E-state index contributed by atoms with van der Waals surface area (Å²) in [6, 6.07) is 9.54. The van der Waals surface area contributed by atoms with Gasteiger partial charge >= 0.3 is 0 Å². The van der Waals surface area contributed by atoms with Gasteiger partial charge in [0.25, 0.3) is 11.7 Å². The van der Waals surface area contributed by atoms with Gasteiger partial charge in [-0.05, 0) is 49.1 Å². The van der Waals surface area contributed by atoms with Crippen LogP contribution in [0.3, 0.4) is 0 Å². The Morgan fingerprint density at radius 1 is 1.15 bits per heavy atom. The van der Waals surface area contributed by atoms with E-state index in [9.17, 15) is 4.79 Å². The fraction of sp³-hybridized carbons (Fsp3) is 0.400. The van der Waals surface area contributed by atoms with Crippen molar-refractivity contribution < 1.29 is 19.3 Å². The monoisotopic (exact) mass is 356 g/mol. The molecule has 1 fully saturated rings. The number of anilines is 1. The lowest BCUT2D eigenvalue weighted by Crippen LogP contribution is -2.33. The molecule has 0 spiro atoms. The number of rotatable bonds is 7. The van der Waals surface area contributed by atoms with E-state index in [1.54, 1.807) is 14.2 Å². The molecule has 0 radical (unpaired) electrons. The second kappa shape index (κ2) is 8.56. The van der Waals surface area contributed by atoms with Gasteiger partial charge < -0.3 is 14.8 Å². The summed E-state index contributed by atoms with van der Waals surface area (Å²) in [7, 11) is 3.24. The number of carbonyl (C=O) groups excluding carboxylic acids is 1. The largest absolute Gasteiger partial charge is 0.493 e. The number of methoxy groups -OCH3 is 2. The summed E-state index contributed by atoms with van der Waals surface area (Å²) in [6.07, 6.45) is 4.93. The third-order valence-electron chi connectivity index (χ3n) is 4.65. The van der Waals surface area contributed by atoms with E-state index in [0.717, 1.165) is 30.9 Å². The van der Waals surface area contributed by atoms with Crippen molar-refractivity contribution in [3.05, 3.63) is 47.7 Å². The highest BCUT2D eigenvalue weighted by Gasteiger charge is 2.26. The Morgan fingerprint density at radius 2 is 1.92 bits per heavy atom. The van der Waals surface area contributed by atoms with E-state index in [2.05, 4.69) is 15.2 Å². The van der Waals surface area contributed by atoms with Gasteiger partial charge in [0.05, 0.1) is 33.5 Å². The minimum atomic E-state index is -0.0516. The molecule has 2 N–H and O–H groups in total. The van der Waals surface area contributed by atoms with Crippen LogP contribution in [0.4, 0.5) is 5.82 Å². The Kier molecular flexibility index (Phi) is 5.94. The van der Waals surface area contributed by atoms with E-state index in [-0.39, 0.29) is 5.91 Å². The third-order valence-corrected chi connectivity index (χ3v) is 4.65. The van der Waals surface area contributed by atoms with Gasteiger partial charge in [-0.2, -0.15) is 0 Å². The first-order valence-corrected chi connectivity index (χ1v) is 8.97. The summed E-state index contributed by atoms with van der Waals surface area (Å²) in [6.45, 7) is 2.54. The smallest absolute Gasteiger partial charge is 0.287 e. The summed E-state index contributed by atoms with van der Waals surface area (Å²) < 4.78 is 10.6. The van der Waals surface area contributed by atoms with E-state index < -0.39 is 0 Å². The van der Waals surface area contributed by atoms with Crippen LogP contribution in [-0.4, -0.2) is 39.8 Å². The molecule has 0 bridgehead atoms. The second-order valence-corrected chi connectivity index (χ2v) is 6.32. The zero-order valence-electron chi connectivity index (χ0n) is 15.4. The topological polar surface area (TPSA) is 64.9 Å². The predicted octanol–water partition coefficient (Wildman–Crippen LogP) is 2.09. The average molecular weight is 356 g/mol. The van der Waals surface area contributed by atoms with Crippen molar-refractivity contribution in [1.29, 1.82) is 0 Å². The molecule has 2 heterocycles. The molecule has 0 unspecified atom stereocenters. The van der Waals surface area contributed by atoms with Crippen molar-refractivity contribution in [2.75, 3.05) is 38.8 Å². The lowest BCUT2D eigenvalue weighted by atomic mass is 10.1. The molecular weight excluding hydrogens is 330 g/mol. The Morgan fingerprint density at radius 3 is 2.65 bits per heavy atom. The highest BCUT2D eigenvalue weighted by molar-refractivity contribution is 5.98. The van der Waals surface area contributed by atoms with E-state index in [1.807, 2.05) is 36.5 Å². The van der Waals surface area contributed by atoms with E-state index in [1.165, 1.54) is 12.8 Å². The molecule has 1 aliphatic rings. The lowest BCUT2D eigenvalue weighted by molar-refractivity contribution is -0.364. The Hall–Kier alpha value is -2.76. The summed E-state index contributed by atoms with van der Waals surface area (Å²) >= 11 is 0. The van der Waals surface area contributed by atoms with Gasteiger partial charge in [0.15, 0.2) is 11.5 Å². The number of ether oxygens (including phenoxy) is 2. The van der Waals surface area contributed by atoms with Crippen LogP contribution >= 0.6 is 0 Å². The quantitative estimate of drug-likeness (QED) is 0.825. The molecule has 0 atom stereocenters. The third kappa shape index (κ3) is 4.07. The number of benzene rings is 1. The first kappa shape index (κ1) is 18.0. The Labute approximate surface area is 154 Å². The number of aromatic amines is 1. The van der Waals surface area contributed by atoms with Crippen molar-refractivity contribution in [1.82, 2.24) is 5.32 Å². The van der Waals surface area contributed by atoms with E-state index >= 15 is 0 Å². The summed E-state index contributed by atoms with van der Waals surface area (Å²) in [5, 5.41) is 3.02. The molecular formula is C20H26N3O3+. The standard InChI is InChI=1S/C20H25N3O3/c1-25-17-8-7-15(14-18(17)26-2)9-11-22-20(24)16-6-5-10-21-19(16)23-12-3-4-13-23/h5-8,10,14H,3-4,9,11-13H2,1-2H3,(H,22,24)/p+1. The van der Waals surface area contributed by atoms with Crippen molar-refractivity contribution in [3.63, 3.8) is 0 Å². The molecule has 1 aromatic carbocycles. The summed E-state index contributed by atoms with van der Waals surface area (Å²) in [4.78, 5) is 18.1. The van der Waals surface area contributed by atoms with Crippen LogP contribution in [-0.2, 0) is 6.42 Å². The molecule has 138 valence electrons. The van der Waals surface area contributed by atoms with Crippen LogP contribution in [0.2, 0.25) is 0 Å². The number of amides is 1. The second-order valence-electron chi connectivity index (χ2n) is 6.32. The Balaban J connectivity index is 1.61. The average Bonchev–Trinajstić information content (AvgIpc) is 3.22. The number of nitrogens with one attached hydrogen (secondary N) is 2. The van der Waals surface area contributed by atoms with E-state index in [4.69, 9.17) is 9.47 Å². The molecule has 6 heteroatoms. The molecule has 0 saturated carbocycles. The normalized spacial score (nSPS) is 13.5. The highest BCUT2D eigenvalue weighted by Crippen LogP contribution is 2.27. The number of hydrogen-bond acceptors (Lipinski definition) is 4. The molecule has 6 nitrogen and oxygen atoms in total. The summed E-state index contributed by atoms with van der Waals surface area (Å²) in [5.74, 6) is 2.26. The molecule has 1 amide bonds. The number of carbonyl (C=O) groups is 1. The lowest BCUT2D eigenvalue weighted by Gasteiger charge is -2.13. The van der Waals surface area contributed by atoms with Crippen molar-refractivity contribution in [3.8, 4) is 11.5 Å². The number of hydrogen-bond donors (Lipinski definition) is 1. The molecule has 1 aromatic heterocycles. The minimum Gasteiger partial charge on any atom is -0.493 e. The van der Waals surface area contributed by atoms with Crippen LogP contribution in [0.5, 0.6) is 11.5 Å². The molecule has 26 heavy (non-hydrogen) atoms. The van der Waals surface area contributed by atoms with Crippen molar-refractivity contribution in [2.24, 2.45) is 0 Å². The number of pyridine rings is 1. The first-order valence-electron chi connectivity index (χ1n) is 8.97. The maximum Gasteiger partial charge on any atom is 0.287 e. The van der Waals surface area contributed by atoms with Crippen molar-refractivity contribution >= 4 is 11.7 Å². The zero-order valence-corrected chi connectivity index (χ0v) is 15.4. The van der Waals surface area contributed by atoms with Gasteiger partial charge in [-0.3, -0.25) is 9.69 Å². The fourth-order valence-electron chi connectivity index (χ4n) is 3.27. The number of aromatic nitrogens is 1. The van der Waals surface area contributed by atoms with Gasteiger partial charge in [-0.25, -0.2) is 4.98 Å². The molecule has 0 aliphatic carbocycles.